The van der Waals surface area contributed by atoms with Gasteiger partial charge in [0.1, 0.15) is 0 Å². The quantitative estimate of drug-likeness (QED) is 0.133. The summed E-state index contributed by atoms with van der Waals surface area (Å²) >= 11 is 0. The highest BCUT2D eigenvalue weighted by atomic mass is 16.6. The van der Waals surface area contributed by atoms with Gasteiger partial charge in [0.15, 0.2) is 5.60 Å². The van der Waals surface area contributed by atoms with Crippen LogP contribution in [0.5, 0.6) is 0 Å². The van der Waals surface area contributed by atoms with Crippen molar-refractivity contribution in [3.8, 4) is 5.69 Å². The number of nitrogens with zero attached hydrogens (tertiary/aromatic N) is 2. The summed E-state index contributed by atoms with van der Waals surface area (Å²) in [7, 11) is 0. The number of hydrogen-bond acceptors (Lipinski definition) is 7. The van der Waals surface area contributed by atoms with Gasteiger partial charge in [-0.05, 0) is 115 Å². The highest BCUT2D eigenvalue weighted by Gasteiger charge is 2.71. The van der Waals surface area contributed by atoms with Gasteiger partial charge in [-0.15, -0.1) is 0 Å². The lowest BCUT2D eigenvalue weighted by Crippen LogP contribution is -2.64. The number of aliphatic hydroxyl groups excluding tert-OH is 1. The van der Waals surface area contributed by atoms with Crippen molar-refractivity contribution < 1.29 is 28.6 Å². The summed E-state index contributed by atoms with van der Waals surface area (Å²) in [6.45, 7) is 5.07. The van der Waals surface area contributed by atoms with Crippen molar-refractivity contribution in [3.05, 3.63) is 149 Å². The molecule has 2 aromatic heterocycles. The Morgan fingerprint density at radius 2 is 1.65 bits per heavy atom. The lowest BCUT2D eigenvalue weighted by molar-refractivity contribution is -0.182. The summed E-state index contributed by atoms with van der Waals surface area (Å²) in [4.78, 5) is 41.3. The van der Waals surface area contributed by atoms with Crippen LogP contribution in [0.15, 0.2) is 120 Å². The summed E-state index contributed by atoms with van der Waals surface area (Å²) in [6, 6.07) is 30.3. The second-order valence-electron chi connectivity index (χ2n) is 16.9. The summed E-state index contributed by atoms with van der Waals surface area (Å²) in [5.74, 6) is -1.03. The van der Waals surface area contributed by atoms with Crippen molar-refractivity contribution >= 4 is 23.9 Å². The molecule has 9 rings (SSSR count). The van der Waals surface area contributed by atoms with Crippen molar-refractivity contribution in [3.63, 3.8) is 0 Å². The Morgan fingerprint density at radius 1 is 0.912 bits per heavy atom. The molecule has 2 amide bonds. The number of rotatable bonds is 9. The van der Waals surface area contributed by atoms with E-state index in [2.05, 4.69) is 23.6 Å². The maximum absolute atomic E-state index is 14.5. The Labute approximate surface area is 332 Å². The zero-order valence-electron chi connectivity index (χ0n) is 32.3. The number of esters is 1. The van der Waals surface area contributed by atoms with E-state index in [-0.39, 0.29) is 40.7 Å². The Hall–Kier alpha value is -5.74. The summed E-state index contributed by atoms with van der Waals surface area (Å²) in [5.41, 5.74) is 4.07. The number of carbonyl (C=O) groups is 3. The van der Waals surface area contributed by atoms with Gasteiger partial charge in [-0.1, -0.05) is 86.2 Å². The third kappa shape index (κ3) is 6.21. The molecule has 3 unspecified atom stereocenters. The fourth-order valence-corrected chi connectivity index (χ4v) is 11.1. The predicted molar refractivity (Wildman–Crippen MR) is 214 cm³/mol. The largest absolute Gasteiger partial charge is 0.457 e. The Kier molecular flexibility index (Phi) is 9.27. The van der Waals surface area contributed by atoms with E-state index < -0.39 is 23.1 Å². The fraction of sp³-hybridized carbons (Fsp3) is 0.362. The smallest absolute Gasteiger partial charge is 0.375 e. The maximum atomic E-state index is 14.5. The topological polar surface area (TPSA) is 136 Å². The van der Waals surface area contributed by atoms with Gasteiger partial charge in [0.2, 0.25) is 5.76 Å². The van der Waals surface area contributed by atoms with Crippen molar-refractivity contribution in [2.24, 2.45) is 28.6 Å². The van der Waals surface area contributed by atoms with Crippen LogP contribution in [0.25, 0.3) is 11.8 Å². The number of fused-ring (bicyclic) bond motifs is 6. The first kappa shape index (κ1) is 36.9. The van der Waals surface area contributed by atoms with E-state index in [0.29, 0.717) is 44.3 Å². The number of hydrogen-bond donors (Lipinski definition) is 3. The number of amides is 2. The average Bonchev–Trinajstić information content (AvgIpc) is 3.97. The lowest BCUT2D eigenvalue weighted by atomic mass is 9.45. The Balaban J connectivity index is 0.982. The normalized spacial score (nSPS) is 28.5. The van der Waals surface area contributed by atoms with E-state index in [9.17, 15) is 19.5 Å². The number of nitrogens with one attached hydrogen (secondary N) is 2. The third-order valence-corrected chi connectivity index (χ3v) is 13.8. The molecule has 57 heavy (non-hydrogen) atoms. The number of aliphatic hydroxyl groups is 1. The molecule has 3 N–H and O–H groups in total. The minimum Gasteiger partial charge on any atom is -0.457 e. The minimum absolute atomic E-state index is 0.0380. The summed E-state index contributed by atoms with van der Waals surface area (Å²) in [6.07, 6.45) is 8.62. The van der Waals surface area contributed by atoms with Gasteiger partial charge >= 0.3 is 5.97 Å². The number of carbonyl (C=O) groups excluding carboxylic acids is 3. The van der Waals surface area contributed by atoms with Crippen LogP contribution in [0, 0.1) is 28.6 Å². The monoisotopic (exact) mass is 764 g/mol. The summed E-state index contributed by atoms with van der Waals surface area (Å²) in [5, 5.41) is 23.4. The van der Waals surface area contributed by atoms with Gasteiger partial charge in [0, 0.05) is 24.1 Å². The van der Waals surface area contributed by atoms with E-state index in [1.165, 1.54) is 11.8 Å². The highest BCUT2D eigenvalue weighted by Crippen LogP contribution is 2.68. The van der Waals surface area contributed by atoms with E-state index in [4.69, 9.17) is 14.3 Å². The van der Waals surface area contributed by atoms with E-state index in [1.54, 1.807) is 12.1 Å². The molecule has 10 nitrogen and oxygen atoms in total. The first-order valence-corrected chi connectivity index (χ1v) is 20.1. The zero-order valence-corrected chi connectivity index (χ0v) is 32.3. The van der Waals surface area contributed by atoms with Crippen molar-refractivity contribution in [1.29, 1.82) is 0 Å². The zero-order chi connectivity index (χ0) is 39.4. The van der Waals surface area contributed by atoms with Gasteiger partial charge in [-0.25, -0.2) is 9.48 Å². The van der Waals surface area contributed by atoms with Crippen LogP contribution in [-0.4, -0.2) is 44.4 Å². The minimum atomic E-state index is -1.49. The van der Waals surface area contributed by atoms with Gasteiger partial charge in [-0.3, -0.25) is 9.59 Å². The molecule has 10 heteroatoms. The van der Waals surface area contributed by atoms with Crippen LogP contribution in [0.4, 0.5) is 0 Å². The molecule has 3 saturated carbocycles. The van der Waals surface area contributed by atoms with E-state index >= 15 is 0 Å². The molecule has 4 aliphatic rings. The van der Waals surface area contributed by atoms with E-state index in [0.717, 1.165) is 40.9 Å². The van der Waals surface area contributed by atoms with Gasteiger partial charge < -0.3 is 24.9 Å². The number of aromatic nitrogens is 2. The molecular weight excluding hydrogens is 717 g/mol. The number of ether oxygens (including phenoxy) is 1. The first-order valence-electron chi connectivity index (χ1n) is 20.1. The summed E-state index contributed by atoms with van der Waals surface area (Å²) < 4.78 is 13.7. The molecule has 292 valence electrons. The van der Waals surface area contributed by atoms with Crippen LogP contribution < -0.4 is 10.6 Å². The second kappa shape index (κ2) is 14.3. The molecule has 0 saturated heterocycles. The SMILES string of the molecule is C[C@]12Cc3cnn(-c4cccc(C(=O)NCc5ccccc5)c4)c3C=C1CCC1C2[C@@H](O)C[C@@]2(C)C1CC[C@]2(OC(=O)c1ccco1)C(=O)NCc1ccccc1. The van der Waals surface area contributed by atoms with Gasteiger partial charge in [-0.2, -0.15) is 5.10 Å². The molecule has 0 spiro atoms. The average molecular weight is 765 g/mol. The van der Waals surface area contributed by atoms with Gasteiger partial charge in [0.05, 0.1) is 29.9 Å². The van der Waals surface area contributed by atoms with E-state index in [1.807, 2.05) is 103 Å². The van der Waals surface area contributed by atoms with Crippen LogP contribution in [-0.2, 0) is 29.0 Å². The lowest BCUT2D eigenvalue weighted by Gasteiger charge is -2.60. The molecule has 3 aromatic carbocycles. The van der Waals surface area contributed by atoms with Crippen LogP contribution in [0.2, 0.25) is 0 Å². The molecule has 0 radical (unpaired) electrons. The van der Waals surface area contributed by atoms with Crippen molar-refractivity contribution in [2.75, 3.05) is 0 Å². The molecule has 4 aliphatic carbocycles. The molecule has 7 atom stereocenters. The molecular formula is C47H48N4O6. The number of allylic oxidation sites excluding steroid dienone is 1. The number of furan rings is 1. The Morgan fingerprint density at radius 3 is 2.37 bits per heavy atom. The third-order valence-electron chi connectivity index (χ3n) is 13.8. The second-order valence-corrected chi connectivity index (χ2v) is 16.9. The molecule has 2 heterocycles. The van der Waals surface area contributed by atoms with Crippen LogP contribution >= 0.6 is 0 Å². The fourth-order valence-electron chi connectivity index (χ4n) is 11.1. The predicted octanol–water partition coefficient (Wildman–Crippen LogP) is 7.46. The Bertz CT molecular complexity index is 2340. The molecule has 0 aliphatic heterocycles. The molecule has 3 fully saturated rings. The van der Waals surface area contributed by atoms with Gasteiger partial charge in [0.25, 0.3) is 11.8 Å². The maximum Gasteiger partial charge on any atom is 0.375 e. The first-order chi connectivity index (χ1) is 27.6. The molecule has 5 aromatic rings. The highest BCUT2D eigenvalue weighted by molar-refractivity contribution is 5.95. The van der Waals surface area contributed by atoms with Crippen molar-refractivity contribution in [1.82, 2.24) is 20.4 Å². The van der Waals surface area contributed by atoms with Crippen molar-refractivity contribution in [2.45, 2.75) is 77.2 Å². The number of benzene rings is 3. The molecule has 0 bridgehead atoms. The van der Waals surface area contributed by atoms with Crippen LogP contribution in [0.3, 0.4) is 0 Å². The standard InChI is InChI=1S/C47H48N4O6/c1-45-25-33-29-50-51(35-16-9-15-32(23-35)42(53)48-27-30-11-5-3-6-12-30)38(33)24-34(45)18-19-36-37-20-21-47(46(37,2)26-39(52)41(36)45,57-43(54)40-17-10-22-56-40)44(55)49-28-31-13-7-4-8-14-31/h3-17,22-24,29,36-37,39,41,52H,18-21,25-28H2,1-2H3,(H,48,53)(H,49,55)/t36?,37?,39-,41?,45-,46-,47-/m0/s1. The van der Waals surface area contributed by atoms with Crippen LogP contribution in [0.1, 0.15) is 89.2 Å².